The molecule has 5 rings (SSSR count). The van der Waals surface area contributed by atoms with Crippen LogP contribution in [0.1, 0.15) is 0 Å². The van der Waals surface area contributed by atoms with Crippen molar-refractivity contribution in [1.29, 1.82) is 0 Å². The van der Waals surface area contributed by atoms with Gasteiger partial charge >= 0.3 is 0 Å². The monoisotopic (exact) mass is 269 g/mol. The van der Waals surface area contributed by atoms with Crippen molar-refractivity contribution in [2.24, 2.45) is 0 Å². The zero-order valence-electron chi connectivity index (χ0n) is 11.2. The fraction of sp³-hybridized carbons (Fsp3) is 0. The maximum atomic E-state index is 4.26. The normalized spacial score (nSPS) is 11.8. The lowest BCUT2D eigenvalue weighted by atomic mass is 9.90. The Labute approximate surface area is 120 Å². The van der Waals surface area contributed by atoms with Crippen LogP contribution in [-0.4, -0.2) is 15.4 Å². The summed E-state index contributed by atoms with van der Waals surface area (Å²) >= 11 is 0. The lowest BCUT2D eigenvalue weighted by Gasteiger charge is -2.13. The first-order valence-electron chi connectivity index (χ1n) is 6.94. The van der Waals surface area contributed by atoms with Crippen LogP contribution in [0.2, 0.25) is 0 Å². The second-order valence-corrected chi connectivity index (χ2v) is 5.33. The molecule has 4 aromatic carbocycles. The van der Waals surface area contributed by atoms with E-state index in [0.29, 0.717) is 0 Å². The first-order valence-corrected chi connectivity index (χ1v) is 6.94. The van der Waals surface area contributed by atoms with Crippen molar-refractivity contribution in [3.63, 3.8) is 0 Å². The van der Waals surface area contributed by atoms with Gasteiger partial charge in [-0.15, -0.1) is 0 Å². The van der Waals surface area contributed by atoms with E-state index >= 15 is 0 Å². The molecule has 3 nitrogen and oxygen atoms in total. The van der Waals surface area contributed by atoms with Gasteiger partial charge in [-0.3, -0.25) is 0 Å². The van der Waals surface area contributed by atoms with Crippen LogP contribution >= 0.6 is 0 Å². The lowest BCUT2D eigenvalue weighted by molar-refractivity contribution is 0.942. The summed E-state index contributed by atoms with van der Waals surface area (Å²) in [5.74, 6) is 0. The van der Waals surface area contributed by atoms with Crippen molar-refractivity contribution in [2.75, 3.05) is 0 Å². The van der Waals surface area contributed by atoms with Crippen LogP contribution in [0.25, 0.3) is 43.6 Å². The molecule has 1 heterocycles. The predicted octanol–water partition coefficient (Wildman–Crippen LogP) is 4.37. The van der Waals surface area contributed by atoms with Crippen LogP contribution in [0, 0.1) is 0 Å². The number of H-pyrrole nitrogens is 1. The molecular weight excluding hydrogens is 258 g/mol. The molecule has 0 aliphatic carbocycles. The number of hydrogen-bond acceptors (Lipinski definition) is 2. The summed E-state index contributed by atoms with van der Waals surface area (Å²) in [5, 5.41) is 18.6. The highest BCUT2D eigenvalue weighted by atomic mass is 15.3. The van der Waals surface area contributed by atoms with Gasteiger partial charge in [-0.2, -0.15) is 15.4 Å². The molecule has 0 amide bonds. The Bertz CT molecular complexity index is 1080. The van der Waals surface area contributed by atoms with Crippen molar-refractivity contribution in [1.82, 2.24) is 15.4 Å². The molecule has 3 heteroatoms. The molecule has 0 atom stereocenters. The zero-order chi connectivity index (χ0) is 13.8. The van der Waals surface area contributed by atoms with Crippen LogP contribution in [0.4, 0.5) is 0 Å². The highest BCUT2D eigenvalue weighted by Gasteiger charge is 2.13. The van der Waals surface area contributed by atoms with Gasteiger partial charge in [0, 0.05) is 5.56 Å². The maximum Gasteiger partial charge on any atom is 0.113 e. The van der Waals surface area contributed by atoms with Crippen molar-refractivity contribution in [3.8, 4) is 11.3 Å². The topological polar surface area (TPSA) is 41.6 Å². The average Bonchev–Trinajstić information content (AvgIpc) is 3.06. The number of nitrogens with zero attached hydrogens (tertiary/aromatic N) is 2. The van der Waals surface area contributed by atoms with E-state index in [2.05, 4.69) is 70.0 Å². The van der Waals surface area contributed by atoms with Crippen molar-refractivity contribution >= 4 is 32.3 Å². The van der Waals surface area contributed by atoms with Crippen LogP contribution in [0.3, 0.4) is 0 Å². The number of aromatic nitrogens is 3. The lowest BCUT2D eigenvalue weighted by Crippen LogP contribution is -1.87. The second kappa shape index (κ2) is 3.79. The van der Waals surface area contributed by atoms with E-state index < -0.39 is 0 Å². The van der Waals surface area contributed by atoms with Gasteiger partial charge in [-0.05, 0) is 38.4 Å². The maximum absolute atomic E-state index is 4.26. The summed E-state index contributed by atoms with van der Waals surface area (Å²) in [4.78, 5) is 0. The Hall–Kier alpha value is -2.94. The summed E-state index contributed by atoms with van der Waals surface area (Å²) in [6, 6.07) is 19.5. The molecule has 0 aliphatic heterocycles. The summed E-state index contributed by atoms with van der Waals surface area (Å²) < 4.78 is 0. The number of rotatable bonds is 1. The van der Waals surface area contributed by atoms with Crippen molar-refractivity contribution in [2.45, 2.75) is 0 Å². The fourth-order valence-corrected chi connectivity index (χ4v) is 3.31. The third-order valence-electron chi connectivity index (χ3n) is 4.20. The molecule has 1 aromatic heterocycles. The van der Waals surface area contributed by atoms with Gasteiger partial charge in [0.05, 0.1) is 6.20 Å². The van der Waals surface area contributed by atoms with Crippen molar-refractivity contribution < 1.29 is 0 Å². The van der Waals surface area contributed by atoms with Gasteiger partial charge in [0.15, 0.2) is 0 Å². The van der Waals surface area contributed by atoms with E-state index in [-0.39, 0.29) is 0 Å². The van der Waals surface area contributed by atoms with Crippen LogP contribution in [-0.2, 0) is 0 Å². The molecule has 0 saturated heterocycles. The number of benzene rings is 4. The summed E-state index contributed by atoms with van der Waals surface area (Å²) in [5.41, 5.74) is 2.01. The number of hydrogen-bond donors (Lipinski definition) is 1. The first-order chi connectivity index (χ1) is 10.4. The van der Waals surface area contributed by atoms with E-state index in [1.54, 1.807) is 6.20 Å². The molecule has 0 saturated carbocycles. The highest BCUT2D eigenvalue weighted by molar-refractivity contribution is 6.26. The molecule has 0 aliphatic rings. The Morgan fingerprint density at radius 2 is 1.52 bits per heavy atom. The minimum Gasteiger partial charge on any atom is -0.197 e. The first kappa shape index (κ1) is 10.8. The molecular formula is C18H11N3. The van der Waals surface area contributed by atoms with E-state index in [4.69, 9.17) is 0 Å². The van der Waals surface area contributed by atoms with Gasteiger partial charge in [-0.1, -0.05) is 48.5 Å². The van der Waals surface area contributed by atoms with E-state index in [1.165, 1.54) is 32.3 Å². The molecule has 0 fully saturated rings. The van der Waals surface area contributed by atoms with Gasteiger partial charge in [0.1, 0.15) is 5.69 Å². The molecule has 0 unspecified atom stereocenters. The molecule has 0 spiro atoms. The second-order valence-electron chi connectivity index (χ2n) is 5.33. The summed E-state index contributed by atoms with van der Waals surface area (Å²) in [7, 11) is 0. The average molecular weight is 269 g/mol. The number of nitrogens with one attached hydrogen (secondary N) is 1. The molecule has 1 N–H and O–H groups in total. The summed E-state index contributed by atoms with van der Waals surface area (Å²) in [6.45, 7) is 0. The zero-order valence-corrected chi connectivity index (χ0v) is 11.2. The van der Waals surface area contributed by atoms with Gasteiger partial charge < -0.3 is 0 Å². The van der Waals surface area contributed by atoms with Gasteiger partial charge in [0.25, 0.3) is 0 Å². The van der Waals surface area contributed by atoms with Crippen molar-refractivity contribution in [3.05, 3.63) is 60.8 Å². The Kier molecular flexibility index (Phi) is 1.95. The van der Waals surface area contributed by atoms with Crippen LogP contribution < -0.4 is 0 Å². The molecule has 21 heavy (non-hydrogen) atoms. The summed E-state index contributed by atoms with van der Waals surface area (Å²) in [6.07, 6.45) is 1.78. The number of aromatic amines is 1. The van der Waals surface area contributed by atoms with Crippen LogP contribution in [0.5, 0.6) is 0 Å². The van der Waals surface area contributed by atoms with E-state index in [9.17, 15) is 0 Å². The predicted molar refractivity (Wildman–Crippen MR) is 85.5 cm³/mol. The third kappa shape index (κ3) is 1.37. The van der Waals surface area contributed by atoms with Gasteiger partial charge in [-0.25, -0.2) is 0 Å². The Balaban J connectivity index is 2.12. The van der Waals surface area contributed by atoms with Gasteiger partial charge in [0.2, 0.25) is 0 Å². The molecule has 5 aromatic rings. The minimum atomic E-state index is 0.883. The molecule has 0 bridgehead atoms. The fourth-order valence-electron chi connectivity index (χ4n) is 3.31. The van der Waals surface area contributed by atoms with E-state index in [0.717, 1.165) is 11.3 Å². The molecule has 98 valence electrons. The standard InChI is InChI=1S/C18H11N3/c1-3-11-7-8-12-4-2-6-14-15(16-10-19-21-20-16)9-13(5-1)17(11)18(12)14/h1-10H,(H,19,20,21). The Morgan fingerprint density at radius 3 is 2.33 bits per heavy atom. The van der Waals surface area contributed by atoms with Crippen LogP contribution in [0.15, 0.2) is 60.8 Å². The largest absolute Gasteiger partial charge is 0.197 e. The Morgan fingerprint density at radius 1 is 0.762 bits per heavy atom. The third-order valence-corrected chi connectivity index (χ3v) is 4.20. The quantitative estimate of drug-likeness (QED) is 0.459. The molecule has 0 radical (unpaired) electrons. The SMILES string of the molecule is c1cc2ccc3cccc4c(-c5cn[nH]n5)cc(c1)c2c34. The minimum absolute atomic E-state index is 0.883. The van der Waals surface area contributed by atoms with E-state index in [1.807, 2.05) is 0 Å². The smallest absolute Gasteiger partial charge is 0.113 e. The highest BCUT2D eigenvalue weighted by Crippen LogP contribution is 2.39.